The Morgan fingerprint density at radius 3 is 2.21 bits per heavy atom. The number of amides is 2. The lowest BCUT2D eigenvalue weighted by molar-refractivity contribution is -0.116. The number of nitrogens with one attached hydrogen (secondary N) is 1. The van der Waals surface area contributed by atoms with Crippen molar-refractivity contribution < 1.29 is 14.3 Å². The Bertz CT molecular complexity index is 1030. The number of hydrogen-bond donors (Lipinski definition) is 1. The Morgan fingerprint density at radius 1 is 1.00 bits per heavy atom. The Hall–Kier alpha value is -2.57. The summed E-state index contributed by atoms with van der Waals surface area (Å²) in [6.45, 7) is 10.0. The summed E-state index contributed by atoms with van der Waals surface area (Å²) in [5.74, 6) is 1.82. The lowest BCUT2D eigenvalue weighted by Gasteiger charge is -2.23. The maximum Gasteiger partial charge on any atom is 0.254 e. The molecule has 2 heterocycles. The molecule has 0 aromatic heterocycles. The van der Waals surface area contributed by atoms with E-state index < -0.39 is 0 Å². The fraction of sp³-hybridized carbons (Fsp3) is 0.462. The van der Waals surface area contributed by atoms with Crippen molar-refractivity contribution in [1.82, 2.24) is 9.80 Å². The van der Waals surface area contributed by atoms with Crippen molar-refractivity contribution in [3.8, 4) is 5.75 Å². The molecule has 33 heavy (non-hydrogen) atoms. The van der Waals surface area contributed by atoms with E-state index in [1.54, 1.807) is 13.2 Å². The van der Waals surface area contributed by atoms with Crippen LogP contribution in [-0.4, -0.2) is 61.4 Å². The summed E-state index contributed by atoms with van der Waals surface area (Å²) >= 11 is 6.14. The molecular formula is C26H32ClN3O3. The first-order valence-electron chi connectivity index (χ1n) is 11.5. The third-order valence-electron chi connectivity index (χ3n) is 6.92. The standard InChI is InChI=1S/C26H32ClN3O3/c1-16-5-6-21(11-23(16)27)28-24(31)7-8-29-12-19-14-30(15-20(19)13-29)26(32)25-17(2)9-22(33-4)10-18(25)3/h5-6,9-11,19-20H,7-8,12-15H2,1-4H3,(H,28,31). The molecule has 2 aliphatic heterocycles. The van der Waals surface area contributed by atoms with Crippen molar-refractivity contribution in [3.63, 3.8) is 0 Å². The monoisotopic (exact) mass is 469 g/mol. The topological polar surface area (TPSA) is 61.9 Å². The number of benzene rings is 2. The third kappa shape index (κ3) is 5.17. The number of halogens is 1. The average molecular weight is 470 g/mol. The number of ether oxygens (including phenoxy) is 1. The number of likely N-dealkylation sites (tertiary alicyclic amines) is 2. The van der Waals surface area contributed by atoms with Crippen molar-refractivity contribution in [2.45, 2.75) is 27.2 Å². The van der Waals surface area contributed by atoms with Crippen LogP contribution >= 0.6 is 11.6 Å². The number of fused-ring (bicyclic) bond motifs is 1. The van der Waals surface area contributed by atoms with Gasteiger partial charge in [0.2, 0.25) is 5.91 Å². The molecule has 7 heteroatoms. The average Bonchev–Trinajstić information content (AvgIpc) is 3.33. The van der Waals surface area contributed by atoms with Crippen LogP contribution < -0.4 is 10.1 Å². The number of carbonyl (C=O) groups is 2. The summed E-state index contributed by atoms with van der Waals surface area (Å²) in [6.07, 6.45) is 0.442. The Morgan fingerprint density at radius 2 is 1.64 bits per heavy atom. The highest BCUT2D eigenvalue weighted by atomic mass is 35.5. The van der Waals surface area contributed by atoms with Gasteiger partial charge in [-0.3, -0.25) is 9.59 Å². The molecule has 6 nitrogen and oxygen atoms in total. The first kappa shape index (κ1) is 23.6. The quantitative estimate of drug-likeness (QED) is 0.685. The lowest BCUT2D eigenvalue weighted by Crippen LogP contribution is -2.34. The molecule has 176 valence electrons. The molecule has 0 spiro atoms. The van der Waals surface area contributed by atoms with Crippen LogP contribution in [0, 0.1) is 32.6 Å². The second kappa shape index (κ2) is 9.74. The number of rotatable bonds is 6. The zero-order valence-electron chi connectivity index (χ0n) is 19.8. The van der Waals surface area contributed by atoms with Crippen molar-refractivity contribution >= 4 is 29.1 Å². The smallest absolute Gasteiger partial charge is 0.254 e. The minimum atomic E-state index is -0.00533. The van der Waals surface area contributed by atoms with Gasteiger partial charge in [-0.1, -0.05) is 17.7 Å². The fourth-order valence-corrected chi connectivity index (χ4v) is 5.31. The molecule has 2 fully saturated rings. The van der Waals surface area contributed by atoms with Crippen molar-refractivity contribution in [2.24, 2.45) is 11.8 Å². The Balaban J connectivity index is 1.27. The Kier molecular flexibility index (Phi) is 6.96. The molecule has 0 saturated carbocycles. The van der Waals surface area contributed by atoms with E-state index in [0.29, 0.717) is 23.3 Å². The van der Waals surface area contributed by atoms with Crippen molar-refractivity contribution in [3.05, 3.63) is 57.6 Å². The molecule has 2 unspecified atom stereocenters. The van der Waals surface area contributed by atoms with E-state index in [9.17, 15) is 9.59 Å². The van der Waals surface area contributed by atoms with Gasteiger partial charge in [-0.25, -0.2) is 0 Å². The summed E-state index contributed by atoms with van der Waals surface area (Å²) in [5, 5.41) is 3.58. The minimum absolute atomic E-state index is 0.00533. The SMILES string of the molecule is COc1cc(C)c(C(=O)N2CC3CN(CCC(=O)Nc4ccc(C)c(Cl)c4)CC3C2)c(C)c1. The van der Waals surface area contributed by atoms with E-state index in [2.05, 4.69) is 10.2 Å². The molecule has 0 radical (unpaired) electrons. The first-order chi connectivity index (χ1) is 15.7. The van der Waals surface area contributed by atoms with E-state index in [0.717, 1.165) is 66.4 Å². The van der Waals surface area contributed by atoms with Crippen LogP contribution in [0.15, 0.2) is 30.3 Å². The van der Waals surface area contributed by atoms with E-state index in [4.69, 9.17) is 16.3 Å². The van der Waals surface area contributed by atoms with Crippen molar-refractivity contribution in [2.75, 3.05) is 45.2 Å². The highest BCUT2D eigenvalue weighted by molar-refractivity contribution is 6.31. The van der Waals surface area contributed by atoms with Crippen LogP contribution in [0.3, 0.4) is 0 Å². The number of aryl methyl sites for hydroxylation is 3. The minimum Gasteiger partial charge on any atom is -0.497 e. The second-order valence-corrected chi connectivity index (χ2v) is 9.80. The first-order valence-corrected chi connectivity index (χ1v) is 11.9. The fourth-order valence-electron chi connectivity index (χ4n) is 5.13. The van der Waals surface area contributed by atoms with Crippen LogP contribution in [0.4, 0.5) is 5.69 Å². The molecule has 2 aliphatic rings. The zero-order valence-corrected chi connectivity index (χ0v) is 20.5. The van der Waals surface area contributed by atoms with Gasteiger partial charge >= 0.3 is 0 Å². The normalized spacial score (nSPS) is 20.1. The van der Waals surface area contributed by atoms with Gasteiger partial charge in [-0.15, -0.1) is 0 Å². The molecule has 0 bridgehead atoms. The van der Waals surface area contributed by atoms with Gasteiger partial charge in [0.15, 0.2) is 0 Å². The summed E-state index contributed by atoms with van der Waals surface area (Å²) in [5.41, 5.74) is 4.42. The van der Waals surface area contributed by atoms with Gasteiger partial charge in [0.1, 0.15) is 5.75 Å². The molecule has 2 saturated heterocycles. The van der Waals surface area contributed by atoms with E-state index in [1.165, 1.54) is 0 Å². The van der Waals surface area contributed by atoms with Crippen LogP contribution in [0.1, 0.15) is 33.5 Å². The Labute approximate surface area is 200 Å². The number of hydrogen-bond acceptors (Lipinski definition) is 4. The van der Waals surface area contributed by atoms with Crippen LogP contribution in [-0.2, 0) is 4.79 Å². The van der Waals surface area contributed by atoms with Crippen LogP contribution in [0.25, 0.3) is 0 Å². The maximum atomic E-state index is 13.2. The number of carbonyl (C=O) groups excluding carboxylic acids is 2. The summed E-state index contributed by atoms with van der Waals surface area (Å²) in [7, 11) is 1.64. The second-order valence-electron chi connectivity index (χ2n) is 9.39. The van der Waals surface area contributed by atoms with Crippen LogP contribution in [0.2, 0.25) is 5.02 Å². The number of methoxy groups -OCH3 is 1. The molecule has 2 amide bonds. The summed E-state index contributed by atoms with van der Waals surface area (Å²) < 4.78 is 5.33. The molecule has 2 aromatic rings. The predicted molar refractivity (Wildman–Crippen MR) is 131 cm³/mol. The zero-order chi connectivity index (χ0) is 23.7. The highest BCUT2D eigenvalue weighted by Crippen LogP contribution is 2.33. The molecule has 0 aliphatic carbocycles. The van der Waals surface area contributed by atoms with Crippen molar-refractivity contribution in [1.29, 1.82) is 0 Å². The summed E-state index contributed by atoms with van der Waals surface area (Å²) in [4.78, 5) is 30.0. The number of anilines is 1. The van der Waals surface area contributed by atoms with Gasteiger partial charge in [-0.05, 0) is 73.6 Å². The highest BCUT2D eigenvalue weighted by Gasteiger charge is 2.42. The molecular weight excluding hydrogens is 438 g/mol. The lowest BCUT2D eigenvalue weighted by atomic mass is 10.0. The van der Waals surface area contributed by atoms with Gasteiger partial charge in [0.25, 0.3) is 5.91 Å². The van der Waals surface area contributed by atoms with E-state index in [-0.39, 0.29) is 11.8 Å². The van der Waals surface area contributed by atoms with E-state index >= 15 is 0 Å². The molecule has 2 aromatic carbocycles. The van der Waals surface area contributed by atoms with E-state index in [1.807, 2.05) is 49.9 Å². The maximum absolute atomic E-state index is 13.2. The summed E-state index contributed by atoms with van der Waals surface area (Å²) in [6, 6.07) is 9.41. The molecule has 4 rings (SSSR count). The largest absolute Gasteiger partial charge is 0.497 e. The van der Waals surface area contributed by atoms with Gasteiger partial charge < -0.3 is 19.9 Å². The van der Waals surface area contributed by atoms with Gasteiger partial charge in [0.05, 0.1) is 7.11 Å². The molecule has 1 N–H and O–H groups in total. The molecule has 2 atom stereocenters. The number of nitrogens with zero attached hydrogens (tertiary/aromatic N) is 2. The third-order valence-corrected chi connectivity index (χ3v) is 7.32. The van der Waals surface area contributed by atoms with Crippen LogP contribution in [0.5, 0.6) is 5.75 Å². The van der Waals surface area contributed by atoms with Gasteiger partial charge in [-0.2, -0.15) is 0 Å². The predicted octanol–water partition coefficient (Wildman–Crippen LogP) is 4.31. The van der Waals surface area contributed by atoms with Gasteiger partial charge in [0, 0.05) is 55.4 Å².